The number of amides is 2. The monoisotopic (exact) mass is 444 g/mol. The zero-order valence-corrected chi connectivity index (χ0v) is 19.0. The summed E-state index contributed by atoms with van der Waals surface area (Å²) in [5.74, 6) is -0.482. The molecule has 0 unspecified atom stereocenters. The van der Waals surface area contributed by atoms with Gasteiger partial charge in [-0.1, -0.05) is 54.2 Å². The molecule has 1 aromatic heterocycles. The smallest absolute Gasteiger partial charge is 0.253 e. The van der Waals surface area contributed by atoms with Crippen LogP contribution in [-0.4, -0.2) is 22.6 Å². The second-order valence-corrected chi connectivity index (χ2v) is 8.32. The second kappa shape index (κ2) is 10.6. The average molecular weight is 445 g/mol. The Hall–Kier alpha value is -3.63. The van der Waals surface area contributed by atoms with E-state index in [0.717, 1.165) is 16.8 Å². The number of pyridine rings is 1. The predicted molar refractivity (Wildman–Crippen MR) is 127 cm³/mol. The molecule has 0 aliphatic heterocycles. The van der Waals surface area contributed by atoms with Crippen LogP contribution < -0.4 is 10.6 Å². The lowest BCUT2D eigenvalue weighted by Crippen LogP contribution is -2.28. The van der Waals surface area contributed by atoms with Gasteiger partial charge in [-0.25, -0.2) is 4.98 Å². The van der Waals surface area contributed by atoms with Crippen molar-refractivity contribution >= 4 is 29.3 Å². The van der Waals surface area contributed by atoms with Crippen LogP contribution in [0.15, 0.2) is 65.7 Å². The van der Waals surface area contributed by atoms with Gasteiger partial charge in [0.2, 0.25) is 5.91 Å². The van der Waals surface area contributed by atoms with E-state index in [4.69, 9.17) is 0 Å². The Balaban J connectivity index is 1.68. The van der Waals surface area contributed by atoms with Gasteiger partial charge in [0.05, 0.1) is 28.6 Å². The lowest BCUT2D eigenvalue weighted by Gasteiger charge is -2.16. The number of aryl methyl sites for hydroxylation is 2. The van der Waals surface area contributed by atoms with Gasteiger partial charge in [0, 0.05) is 5.69 Å². The van der Waals surface area contributed by atoms with Gasteiger partial charge in [0.25, 0.3) is 5.91 Å². The fourth-order valence-corrected chi connectivity index (χ4v) is 4.15. The molecule has 0 aliphatic carbocycles. The van der Waals surface area contributed by atoms with E-state index in [9.17, 15) is 14.9 Å². The van der Waals surface area contributed by atoms with E-state index in [1.54, 1.807) is 24.3 Å². The molecular formula is C25H24N4O2S. The third-order valence-electron chi connectivity index (χ3n) is 4.86. The van der Waals surface area contributed by atoms with Crippen LogP contribution in [0, 0.1) is 25.2 Å². The Bertz CT molecular complexity index is 1170. The number of para-hydroxylation sites is 1. The summed E-state index contributed by atoms with van der Waals surface area (Å²) < 4.78 is 0. The van der Waals surface area contributed by atoms with Gasteiger partial charge < -0.3 is 10.6 Å². The van der Waals surface area contributed by atoms with Crippen molar-refractivity contribution in [3.05, 3.63) is 88.6 Å². The quantitative estimate of drug-likeness (QED) is 0.511. The van der Waals surface area contributed by atoms with E-state index in [-0.39, 0.29) is 23.6 Å². The van der Waals surface area contributed by atoms with Crippen LogP contribution >= 0.6 is 11.8 Å². The van der Waals surface area contributed by atoms with Gasteiger partial charge in [-0.15, -0.1) is 0 Å². The largest absolute Gasteiger partial charge is 0.345 e. The highest BCUT2D eigenvalue weighted by atomic mass is 32.2. The van der Waals surface area contributed by atoms with Crippen molar-refractivity contribution in [2.45, 2.75) is 31.8 Å². The molecular weight excluding hydrogens is 420 g/mol. The van der Waals surface area contributed by atoms with Crippen LogP contribution in [0.1, 0.15) is 45.7 Å². The third kappa shape index (κ3) is 5.74. The van der Waals surface area contributed by atoms with E-state index in [0.29, 0.717) is 21.8 Å². The number of benzene rings is 2. The molecule has 2 aromatic carbocycles. The maximum Gasteiger partial charge on any atom is 0.253 e. The minimum absolute atomic E-state index is 0.0704. The second-order valence-electron chi connectivity index (χ2n) is 7.36. The predicted octanol–water partition coefficient (Wildman–Crippen LogP) is 4.79. The summed E-state index contributed by atoms with van der Waals surface area (Å²) in [6.07, 6.45) is 0. The molecule has 0 aliphatic rings. The van der Waals surface area contributed by atoms with Crippen LogP contribution in [-0.2, 0) is 4.79 Å². The van der Waals surface area contributed by atoms with Crippen molar-refractivity contribution in [2.75, 3.05) is 11.1 Å². The molecule has 6 nitrogen and oxygen atoms in total. The van der Waals surface area contributed by atoms with E-state index >= 15 is 0 Å². The van der Waals surface area contributed by atoms with Crippen molar-refractivity contribution in [2.24, 2.45) is 0 Å². The highest BCUT2D eigenvalue weighted by Gasteiger charge is 2.17. The molecule has 1 atom stereocenters. The number of rotatable bonds is 7. The van der Waals surface area contributed by atoms with Gasteiger partial charge >= 0.3 is 0 Å². The highest BCUT2D eigenvalue weighted by Crippen LogP contribution is 2.24. The minimum Gasteiger partial charge on any atom is -0.345 e. The van der Waals surface area contributed by atoms with Crippen molar-refractivity contribution in [3.63, 3.8) is 0 Å². The van der Waals surface area contributed by atoms with Crippen molar-refractivity contribution in [1.82, 2.24) is 10.3 Å². The zero-order chi connectivity index (χ0) is 23.1. The molecule has 0 radical (unpaired) electrons. The number of carbonyl (C=O) groups excluding carboxylic acids is 2. The van der Waals surface area contributed by atoms with E-state index < -0.39 is 0 Å². The first-order chi connectivity index (χ1) is 15.4. The maximum atomic E-state index is 12.9. The van der Waals surface area contributed by atoms with Crippen LogP contribution in [0.5, 0.6) is 0 Å². The van der Waals surface area contributed by atoms with Crippen LogP contribution in [0.4, 0.5) is 5.69 Å². The number of nitriles is 1. The molecule has 1 heterocycles. The molecule has 0 fully saturated rings. The topological polar surface area (TPSA) is 94.9 Å². The Morgan fingerprint density at radius 1 is 1.09 bits per heavy atom. The average Bonchev–Trinajstić information content (AvgIpc) is 2.78. The number of nitrogens with one attached hydrogen (secondary N) is 2. The van der Waals surface area contributed by atoms with Crippen molar-refractivity contribution in [1.29, 1.82) is 5.26 Å². The fraction of sp³-hybridized carbons (Fsp3) is 0.200. The lowest BCUT2D eigenvalue weighted by molar-refractivity contribution is -0.113. The van der Waals surface area contributed by atoms with Crippen LogP contribution in [0.2, 0.25) is 0 Å². The number of anilines is 1. The number of aromatic nitrogens is 1. The number of hydrogen-bond acceptors (Lipinski definition) is 5. The maximum absolute atomic E-state index is 12.9. The number of carbonyl (C=O) groups is 2. The number of thioether (sulfide) groups is 1. The SMILES string of the molecule is Cc1cc(C)c(C#N)c(SCC(=O)Nc2ccccc2C(=O)N[C@H](C)c2ccccc2)n1. The molecule has 7 heteroatoms. The zero-order valence-electron chi connectivity index (χ0n) is 18.2. The fourth-order valence-electron chi connectivity index (χ4n) is 3.25. The molecule has 0 bridgehead atoms. The van der Waals surface area contributed by atoms with Crippen molar-refractivity contribution < 1.29 is 9.59 Å². The first-order valence-corrected chi connectivity index (χ1v) is 11.1. The molecule has 0 saturated heterocycles. The Morgan fingerprint density at radius 3 is 2.50 bits per heavy atom. The summed E-state index contributed by atoms with van der Waals surface area (Å²) in [6.45, 7) is 5.61. The van der Waals surface area contributed by atoms with Crippen molar-refractivity contribution in [3.8, 4) is 6.07 Å². The summed E-state index contributed by atoms with van der Waals surface area (Å²) in [5.41, 5.74) is 3.91. The first kappa shape index (κ1) is 23.0. The molecule has 3 rings (SSSR count). The van der Waals surface area contributed by atoms with Crippen LogP contribution in [0.3, 0.4) is 0 Å². The van der Waals surface area contributed by atoms with Gasteiger partial charge in [-0.05, 0) is 50.1 Å². The third-order valence-corrected chi connectivity index (χ3v) is 5.83. The number of nitrogens with zero attached hydrogens (tertiary/aromatic N) is 2. The van der Waals surface area contributed by atoms with E-state index in [1.165, 1.54) is 11.8 Å². The molecule has 162 valence electrons. The minimum atomic E-state index is -0.281. The molecule has 0 saturated carbocycles. The van der Waals surface area contributed by atoms with Gasteiger partial charge in [0.15, 0.2) is 0 Å². The summed E-state index contributed by atoms with van der Waals surface area (Å²) in [5, 5.41) is 15.7. The van der Waals surface area contributed by atoms with Gasteiger partial charge in [-0.3, -0.25) is 9.59 Å². The molecule has 2 N–H and O–H groups in total. The van der Waals surface area contributed by atoms with Gasteiger partial charge in [0.1, 0.15) is 11.1 Å². The normalized spacial score (nSPS) is 11.3. The Kier molecular flexibility index (Phi) is 7.63. The Labute approximate surface area is 192 Å². The summed E-state index contributed by atoms with van der Waals surface area (Å²) in [7, 11) is 0. The van der Waals surface area contributed by atoms with Crippen LogP contribution in [0.25, 0.3) is 0 Å². The summed E-state index contributed by atoms with van der Waals surface area (Å²) in [6, 6.07) is 20.4. The highest BCUT2D eigenvalue weighted by molar-refractivity contribution is 8.00. The summed E-state index contributed by atoms with van der Waals surface area (Å²) >= 11 is 1.20. The number of hydrogen-bond donors (Lipinski definition) is 2. The molecule has 2 amide bonds. The van der Waals surface area contributed by atoms with Gasteiger partial charge in [-0.2, -0.15) is 5.26 Å². The summed E-state index contributed by atoms with van der Waals surface area (Å²) in [4.78, 5) is 29.8. The molecule has 0 spiro atoms. The first-order valence-electron chi connectivity index (χ1n) is 10.1. The lowest BCUT2D eigenvalue weighted by atomic mass is 10.1. The van der Waals surface area contributed by atoms with E-state index in [2.05, 4.69) is 21.7 Å². The van der Waals surface area contributed by atoms with E-state index in [1.807, 2.05) is 57.2 Å². The molecule has 3 aromatic rings. The Morgan fingerprint density at radius 2 is 1.78 bits per heavy atom. The molecule has 32 heavy (non-hydrogen) atoms. The standard InChI is InChI=1S/C25H24N4O2S/c1-16-13-17(2)27-25(21(16)14-26)32-15-23(30)29-22-12-8-7-11-20(22)24(31)28-18(3)19-9-5-4-6-10-19/h4-13,18H,15H2,1-3H3,(H,28,31)(H,29,30)/t18-/m1/s1.